The van der Waals surface area contributed by atoms with E-state index < -0.39 is 32.5 Å². The Morgan fingerprint density at radius 2 is 1.00 bits per heavy atom. The molecule has 2 N–H and O–H groups in total. The third-order valence-corrected chi connectivity index (χ3v) is 7.90. The number of hydrogen-bond acceptors (Lipinski definition) is 6. The van der Waals surface area contributed by atoms with Crippen molar-refractivity contribution in [2.75, 3.05) is 13.2 Å². The molecule has 0 unspecified atom stereocenters. The van der Waals surface area contributed by atoms with Gasteiger partial charge in [0.2, 0.25) is 0 Å². The molecule has 0 rings (SSSR count). The summed E-state index contributed by atoms with van der Waals surface area (Å²) in [4.78, 5) is 42.6. The van der Waals surface area contributed by atoms with Gasteiger partial charge in [-0.1, -0.05) is 134 Å². The van der Waals surface area contributed by atoms with E-state index in [1.807, 2.05) is 0 Å². The lowest BCUT2D eigenvalue weighted by Gasteiger charge is -2.18. The molecule has 0 aromatic rings. The van der Waals surface area contributed by atoms with E-state index in [0.29, 0.717) is 12.8 Å². The normalized spacial score (nSPS) is 12.9. The van der Waals surface area contributed by atoms with Crippen LogP contribution in [0.2, 0.25) is 0 Å². The molecule has 0 amide bonds. The number of rotatable bonds is 32. The predicted molar refractivity (Wildman–Crippen MR) is 184 cm³/mol. The second-order valence-corrected chi connectivity index (χ2v) is 13.1. The van der Waals surface area contributed by atoms with Gasteiger partial charge in [-0.3, -0.25) is 14.1 Å². The predicted octanol–water partition coefficient (Wildman–Crippen LogP) is 10.2. The van der Waals surface area contributed by atoms with Gasteiger partial charge in [0.1, 0.15) is 6.61 Å². The molecular weight excluding hydrogens is 591 g/mol. The zero-order valence-corrected chi connectivity index (χ0v) is 29.4. The minimum absolute atomic E-state index is 0.206. The van der Waals surface area contributed by atoms with E-state index in [-0.39, 0.29) is 19.4 Å². The van der Waals surface area contributed by atoms with Crippen molar-refractivity contribution in [3.63, 3.8) is 0 Å². The second-order valence-electron chi connectivity index (χ2n) is 11.8. The molecule has 45 heavy (non-hydrogen) atoms. The zero-order valence-electron chi connectivity index (χ0n) is 28.5. The van der Waals surface area contributed by atoms with Gasteiger partial charge in [-0.05, 0) is 51.4 Å². The maximum Gasteiger partial charge on any atom is 0.469 e. The Balaban J connectivity index is 4.06. The smallest absolute Gasteiger partial charge is 0.462 e. The van der Waals surface area contributed by atoms with E-state index in [0.717, 1.165) is 51.4 Å². The van der Waals surface area contributed by atoms with Crippen LogP contribution in [0.4, 0.5) is 0 Å². The Labute approximate surface area is 274 Å². The number of phosphoric ester groups is 1. The zero-order chi connectivity index (χ0) is 33.3. The summed E-state index contributed by atoms with van der Waals surface area (Å²) >= 11 is 0. The van der Waals surface area contributed by atoms with Crippen LogP contribution in [0.5, 0.6) is 0 Å². The highest BCUT2D eigenvalue weighted by atomic mass is 31.2. The molecule has 0 aromatic heterocycles. The molecule has 9 heteroatoms. The van der Waals surface area contributed by atoms with Crippen LogP contribution < -0.4 is 0 Å². The number of hydrogen-bond donors (Lipinski definition) is 2. The van der Waals surface area contributed by atoms with Crippen molar-refractivity contribution in [3.05, 3.63) is 36.5 Å². The lowest BCUT2D eigenvalue weighted by Crippen LogP contribution is -2.29. The van der Waals surface area contributed by atoms with Gasteiger partial charge in [-0.25, -0.2) is 4.57 Å². The summed E-state index contributed by atoms with van der Waals surface area (Å²) < 4.78 is 26.2. The Kier molecular flexibility index (Phi) is 31.0. The van der Waals surface area contributed by atoms with E-state index in [4.69, 9.17) is 19.3 Å². The van der Waals surface area contributed by atoms with Crippen molar-refractivity contribution < 1.29 is 37.9 Å². The second kappa shape index (κ2) is 32.2. The molecule has 0 spiro atoms. The molecule has 262 valence electrons. The highest BCUT2D eigenvalue weighted by Crippen LogP contribution is 2.35. The topological polar surface area (TPSA) is 119 Å². The number of phosphoric acid groups is 1. The Bertz CT molecular complexity index is 833. The monoisotopic (exact) mass is 656 g/mol. The van der Waals surface area contributed by atoms with E-state index >= 15 is 0 Å². The largest absolute Gasteiger partial charge is 0.469 e. The first-order valence-corrected chi connectivity index (χ1v) is 19.3. The number of carbonyl (C=O) groups is 2. The molecule has 0 radical (unpaired) electrons. The maximum absolute atomic E-state index is 12.3. The molecule has 1 atom stereocenters. The summed E-state index contributed by atoms with van der Waals surface area (Å²) in [6.07, 6.45) is 35.8. The van der Waals surface area contributed by atoms with Crippen molar-refractivity contribution in [3.8, 4) is 0 Å². The Hall–Kier alpha value is -1.73. The molecule has 8 nitrogen and oxygen atoms in total. The lowest BCUT2D eigenvalue weighted by molar-refractivity contribution is -0.161. The highest BCUT2D eigenvalue weighted by molar-refractivity contribution is 7.46. The van der Waals surface area contributed by atoms with Crippen LogP contribution in [0.3, 0.4) is 0 Å². The van der Waals surface area contributed by atoms with E-state index in [1.165, 1.54) is 70.6 Å². The molecule has 0 aliphatic carbocycles. The van der Waals surface area contributed by atoms with Crippen LogP contribution in [-0.4, -0.2) is 41.0 Å². The minimum atomic E-state index is -4.75. The molecule has 0 aromatic carbocycles. The fraction of sp³-hybridized carbons (Fsp3) is 0.778. The molecule has 0 fully saturated rings. The summed E-state index contributed by atoms with van der Waals surface area (Å²) in [5, 5.41) is 0. The van der Waals surface area contributed by atoms with Gasteiger partial charge in [0.25, 0.3) is 0 Å². The highest BCUT2D eigenvalue weighted by Gasteiger charge is 2.22. The molecule has 0 heterocycles. The van der Waals surface area contributed by atoms with Crippen LogP contribution >= 0.6 is 7.82 Å². The molecule has 0 bridgehead atoms. The summed E-state index contributed by atoms with van der Waals surface area (Å²) in [5.74, 6) is -0.930. The van der Waals surface area contributed by atoms with Crippen molar-refractivity contribution in [1.82, 2.24) is 0 Å². The summed E-state index contributed by atoms with van der Waals surface area (Å²) in [7, 11) is -4.75. The quantitative estimate of drug-likeness (QED) is 0.0318. The fourth-order valence-electron chi connectivity index (χ4n) is 4.73. The van der Waals surface area contributed by atoms with Gasteiger partial charge < -0.3 is 19.3 Å². The molecule has 0 aliphatic rings. The van der Waals surface area contributed by atoms with Gasteiger partial charge in [-0.15, -0.1) is 0 Å². The number of esters is 2. The maximum atomic E-state index is 12.3. The van der Waals surface area contributed by atoms with Crippen LogP contribution in [0.15, 0.2) is 36.5 Å². The standard InChI is InChI=1S/C36H65O8P/c1-3-5-7-9-11-13-15-17-18-19-21-22-24-26-28-30-35(37)42-32-34(33-43-45(39,40)41)44-36(38)31-29-27-25-23-20-16-14-12-10-8-6-4-2/h11,13,17-18,21-22,34H,3-10,12,14-16,19-20,23-33H2,1-2H3,(H2,39,40,41)/b13-11-,18-17-,22-21-/t34-/m1/s1. The first-order chi connectivity index (χ1) is 21.8. The van der Waals surface area contributed by atoms with E-state index in [1.54, 1.807) is 0 Å². The number of carbonyl (C=O) groups excluding carboxylic acids is 2. The van der Waals surface area contributed by atoms with Crippen LogP contribution in [0, 0.1) is 0 Å². The fourth-order valence-corrected chi connectivity index (χ4v) is 5.09. The van der Waals surface area contributed by atoms with E-state index in [2.05, 4.69) is 54.8 Å². The molecule has 0 saturated carbocycles. The van der Waals surface area contributed by atoms with E-state index in [9.17, 15) is 14.2 Å². The minimum Gasteiger partial charge on any atom is -0.462 e. The Morgan fingerprint density at radius 3 is 1.53 bits per heavy atom. The molecule has 0 aliphatic heterocycles. The lowest BCUT2D eigenvalue weighted by atomic mass is 10.0. The van der Waals surface area contributed by atoms with Crippen molar-refractivity contribution in [2.45, 2.75) is 168 Å². The Morgan fingerprint density at radius 1 is 0.578 bits per heavy atom. The third kappa shape index (κ3) is 35.0. The average Bonchev–Trinajstić information content (AvgIpc) is 3.00. The molecular formula is C36H65O8P. The van der Waals surface area contributed by atoms with Gasteiger partial charge in [-0.2, -0.15) is 0 Å². The number of ether oxygens (including phenoxy) is 2. The first-order valence-electron chi connectivity index (χ1n) is 17.8. The third-order valence-electron chi connectivity index (χ3n) is 7.41. The van der Waals surface area contributed by atoms with Crippen LogP contribution in [0.1, 0.15) is 162 Å². The average molecular weight is 657 g/mol. The van der Waals surface area contributed by atoms with Gasteiger partial charge in [0.05, 0.1) is 6.61 Å². The van der Waals surface area contributed by atoms with Gasteiger partial charge in [0.15, 0.2) is 6.10 Å². The van der Waals surface area contributed by atoms with Crippen molar-refractivity contribution >= 4 is 19.8 Å². The van der Waals surface area contributed by atoms with Crippen molar-refractivity contribution in [1.29, 1.82) is 0 Å². The summed E-state index contributed by atoms with van der Waals surface area (Å²) in [6, 6.07) is 0. The SMILES string of the molecule is CCCCC/C=C\C/C=C\C/C=C\CCCCC(=O)OC[C@H](COP(=O)(O)O)OC(=O)CCCCCCCCCCCCCC. The van der Waals surface area contributed by atoms with Crippen molar-refractivity contribution in [2.24, 2.45) is 0 Å². The van der Waals surface area contributed by atoms with Crippen LogP contribution in [-0.2, 0) is 28.2 Å². The number of unbranched alkanes of at least 4 members (excludes halogenated alkanes) is 16. The van der Waals surface area contributed by atoms with Gasteiger partial charge >= 0.3 is 19.8 Å². The van der Waals surface area contributed by atoms with Crippen LogP contribution in [0.25, 0.3) is 0 Å². The molecule has 0 saturated heterocycles. The first kappa shape index (κ1) is 43.3. The summed E-state index contributed by atoms with van der Waals surface area (Å²) in [5.41, 5.74) is 0. The number of allylic oxidation sites excluding steroid dienone is 6. The van der Waals surface area contributed by atoms with Gasteiger partial charge in [0, 0.05) is 12.8 Å². The summed E-state index contributed by atoms with van der Waals surface area (Å²) in [6.45, 7) is 3.60.